The number of epoxide rings is 1. The van der Waals surface area contributed by atoms with E-state index in [0.29, 0.717) is 19.1 Å². The summed E-state index contributed by atoms with van der Waals surface area (Å²) >= 11 is 0. The van der Waals surface area contributed by atoms with Crippen LogP contribution in [0.5, 0.6) is 0 Å². The van der Waals surface area contributed by atoms with E-state index in [-0.39, 0.29) is 17.8 Å². The highest BCUT2D eigenvalue weighted by Crippen LogP contribution is 2.48. The summed E-state index contributed by atoms with van der Waals surface area (Å²) in [5, 5.41) is 2.44. The molecule has 23 heavy (non-hydrogen) atoms. The zero-order chi connectivity index (χ0) is 16.0. The molecular formula is C20H22O3. The first-order valence-electron chi connectivity index (χ1n) is 8.12. The third-order valence-corrected chi connectivity index (χ3v) is 5.14. The molecule has 0 unspecified atom stereocenters. The van der Waals surface area contributed by atoms with Crippen LogP contribution in [0.2, 0.25) is 0 Å². The van der Waals surface area contributed by atoms with E-state index in [2.05, 4.69) is 56.0 Å². The lowest BCUT2D eigenvalue weighted by Gasteiger charge is -2.40. The van der Waals surface area contributed by atoms with Crippen LogP contribution in [-0.2, 0) is 14.2 Å². The van der Waals surface area contributed by atoms with Crippen LogP contribution in [0.15, 0.2) is 49.0 Å². The Labute approximate surface area is 136 Å². The minimum Gasteiger partial charge on any atom is -0.378 e. The summed E-state index contributed by atoms with van der Waals surface area (Å²) in [5.41, 5.74) is 1.71. The average molecular weight is 310 g/mol. The highest BCUT2D eigenvalue weighted by molar-refractivity contribution is 5.86. The molecule has 1 spiro atoms. The Morgan fingerprint density at radius 1 is 1.22 bits per heavy atom. The van der Waals surface area contributed by atoms with Crippen molar-refractivity contribution in [3.8, 4) is 0 Å². The first kappa shape index (κ1) is 14.9. The monoisotopic (exact) mass is 310 g/mol. The highest BCUT2D eigenvalue weighted by atomic mass is 16.7. The van der Waals surface area contributed by atoms with Crippen molar-refractivity contribution in [1.29, 1.82) is 0 Å². The maximum Gasteiger partial charge on any atom is 0.148 e. The van der Waals surface area contributed by atoms with E-state index < -0.39 is 0 Å². The average Bonchev–Trinajstić information content (AvgIpc) is 3.35. The number of benzene rings is 2. The van der Waals surface area contributed by atoms with Crippen molar-refractivity contribution >= 4 is 16.3 Å². The molecule has 2 fully saturated rings. The van der Waals surface area contributed by atoms with Crippen LogP contribution in [0, 0.1) is 5.92 Å². The van der Waals surface area contributed by atoms with Gasteiger partial charge in [-0.3, -0.25) is 0 Å². The van der Waals surface area contributed by atoms with Gasteiger partial charge in [0.2, 0.25) is 0 Å². The van der Waals surface area contributed by atoms with Crippen LogP contribution in [0.25, 0.3) is 16.3 Å². The van der Waals surface area contributed by atoms with Crippen LogP contribution in [0.3, 0.4) is 0 Å². The smallest absolute Gasteiger partial charge is 0.148 e. The summed E-state index contributed by atoms with van der Waals surface area (Å²) in [7, 11) is 1.76. The third-order valence-electron chi connectivity index (χ3n) is 5.14. The van der Waals surface area contributed by atoms with Gasteiger partial charge in [-0.2, -0.15) is 0 Å². The van der Waals surface area contributed by atoms with Gasteiger partial charge in [0.25, 0.3) is 0 Å². The molecule has 0 amide bonds. The van der Waals surface area contributed by atoms with Crippen molar-refractivity contribution in [2.75, 3.05) is 20.3 Å². The fourth-order valence-corrected chi connectivity index (χ4v) is 3.87. The van der Waals surface area contributed by atoms with Gasteiger partial charge in [0.1, 0.15) is 11.7 Å². The van der Waals surface area contributed by atoms with Gasteiger partial charge in [-0.25, -0.2) is 0 Å². The third kappa shape index (κ3) is 2.31. The predicted molar refractivity (Wildman–Crippen MR) is 91.4 cm³/mol. The van der Waals surface area contributed by atoms with Crippen LogP contribution in [0.1, 0.15) is 12.5 Å². The lowest BCUT2D eigenvalue weighted by Crippen LogP contribution is -2.53. The molecule has 0 aromatic heterocycles. The summed E-state index contributed by atoms with van der Waals surface area (Å²) in [5.74, 6) is 0.322. The molecule has 4 atom stereocenters. The Kier molecular flexibility index (Phi) is 3.52. The van der Waals surface area contributed by atoms with E-state index >= 15 is 0 Å². The number of rotatable bonds is 3. The molecule has 0 aliphatic carbocycles. The molecule has 2 saturated heterocycles. The molecule has 3 heteroatoms. The van der Waals surface area contributed by atoms with Gasteiger partial charge >= 0.3 is 0 Å². The van der Waals surface area contributed by atoms with Crippen LogP contribution < -0.4 is 0 Å². The summed E-state index contributed by atoms with van der Waals surface area (Å²) in [6, 6.07) is 14.8. The number of ether oxygens (including phenoxy) is 3. The molecule has 2 heterocycles. The zero-order valence-electron chi connectivity index (χ0n) is 13.6. The van der Waals surface area contributed by atoms with Gasteiger partial charge in [-0.15, -0.1) is 0 Å². The summed E-state index contributed by atoms with van der Waals surface area (Å²) < 4.78 is 17.7. The second kappa shape index (κ2) is 5.45. The Morgan fingerprint density at radius 3 is 2.65 bits per heavy atom. The molecule has 2 aromatic carbocycles. The largest absolute Gasteiger partial charge is 0.378 e. The van der Waals surface area contributed by atoms with E-state index in [1.54, 1.807) is 7.11 Å². The van der Waals surface area contributed by atoms with Gasteiger partial charge in [-0.1, -0.05) is 49.9 Å². The van der Waals surface area contributed by atoms with Gasteiger partial charge in [0.15, 0.2) is 0 Å². The van der Waals surface area contributed by atoms with Gasteiger partial charge in [0, 0.05) is 13.0 Å². The van der Waals surface area contributed by atoms with E-state index in [4.69, 9.17) is 14.2 Å². The standard InChI is InChI=1S/C20H22O3/c1-13-11-22-19(20(12-23-20)18(13)21-3)14(2)16-9-8-15-6-4-5-7-17(15)10-16/h4-10,13,18-19H,2,11-12H2,1,3H3/t13-,18-,19-,20-/m0/s1. The molecule has 0 saturated carbocycles. The maximum atomic E-state index is 6.12. The van der Waals surface area contributed by atoms with Crippen LogP contribution in [0.4, 0.5) is 0 Å². The molecule has 120 valence electrons. The lowest BCUT2D eigenvalue weighted by molar-refractivity contribution is -0.127. The first-order valence-corrected chi connectivity index (χ1v) is 8.12. The van der Waals surface area contributed by atoms with Crippen molar-refractivity contribution in [1.82, 2.24) is 0 Å². The van der Waals surface area contributed by atoms with Crippen molar-refractivity contribution in [2.24, 2.45) is 5.92 Å². The van der Waals surface area contributed by atoms with E-state index in [0.717, 1.165) is 11.1 Å². The molecule has 2 aliphatic rings. The van der Waals surface area contributed by atoms with E-state index in [1.807, 2.05) is 0 Å². The van der Waals surface area contributed by atoms with Crippen molar-refractivity contribution in [2.45, 2.75) is 24.7 Å². The maximum absolute atomic E-state index is 6.12. The molecule has 0 radical (unpaired) electrons. The van der Waals surface area contributed by atoms with Gasteiger partial charge in [-0.05, 0) is 28.0 Å². The molecule has 0 N–H and O–H groups in total. The minimum absolute atomic E-state index is 0.0541. The molecule has 2 aromatic rings. The molecule has 4 rings (SSSR count). The predicted octanol–water partition coefficient (Wildman–Crippen LogP) is 3.67. The first-order chi connectivity index (χ1) is 11.2. The topological polar surface area (TPSA) is 31.0 Å². The Hall–Kier alpha value is -1.68. The Balaban J connectivity index is 1.67. The van der Waals surface area contributed by atoms with Crippen LogP contribution >= 0.6 is 0 Å². The van der Waals surface area contributed by atoms with Crippen molar-refractivity contribution in [3.05, 3.63) is 54.6 Å². The molecular weight excluding hydrogens is 288 g/mol. The highest BCUT2D eigenvalue weighted by Gasteiger charge is 2.63. The lowest BCUT2D eigenvalue weighted by atomic mass is 9.81. The van der Waals surface area contributed by atoms with Crippen molar-refractivity contribution < 1.29 is 14.2 Å². The Morgan fingerprint density at radius 2 is 1.96 bits per heavy atom. The second-order valence-electron chi connectivity index (χ2n) is 6.68. The summed E-state index contributed by atoms with van der Waals surface area (Å²) in [6.07, 6.45) is -0.0942. The number of hydrogen-bond donors (Lipinski definition) is 0. The number of fused-ring (bicyclic) bond motifs is 1. The SMILES string of the molecule is C=C(c1ccc2ccccc2c1)[C@@H]1OC[C@H](C)[C@H](OC)[C@@]12CO2. The van der Waals surface area contributed by atoms with Crippen LogP contribution in [-0.4, -0.2) is 38.1 Å². The van der Waals surface area contributed by atoms with E-state index in [9.17, 15) is 0 Å². The van der Waals surface area contributed by atoms with Crippen molar-refractivity contribution in [3.63, 3.8) is 0 Å². The second-order valence-corrected chi connectivity index (χ2v) is 6.68. The zero-order valence-corrected chi connectivity index (χ0v) is 13.6. The normalized spacial score (nSPS) is 33.0. The van der Waals surface area contributed by atoms with E-state index in [1.165, 1.54) is 10.8 Å². The fraction of sp³-hybridized carbons (Fsp3) is 0.400. The summed E-state index contributed by atoms with van der Waals surface area (Å²) in [4.78, 5) is 0. The molecule has 2 aliphatic heterocycles. The fourth-order valence-electron chi connectivity index (χ4n) is 3.87. The number of hydrogen-bond acceptors (Lipinski definition) is 3. The molecule has 0 bridgehead atoms. The number of methoxy groups -OCH3 is 1. The summed E-state index contributed by atoms with van der Waals surface area (Å²) in [6.45, 7) is 7.81. The quantitative estimate of drug-likeness (QED) is 0.811. The molecule has 3 nitrogen and oxygen atoms in total. The van der Waals surface area contributed by atoms with Gasteiger partial charge in [0.05, 0.1) is 19.3 Å². The Bertz CT molecular complexity index is 747. The van der Waals surface area contributed by atoms with Gasteiger partial charge < -0.3 is 14.2 Å². The minimum atomic E-state index is -0.366.